The van der Waals surface area contributed by atoms with Gasteiger partial charge >= 0.3 is 0 Å². The molecule has 3 rings (SSSR count). The number of nitrogens with zero attached hydrogens (tertiary/aromatic N) is 2. The lowest BCUT2D eigenvalue weighted by molar-refractivity contribution is 0.629. The predicted molar refractivity (Wildman–Crippen MR) is 63.9 cm³/mol. The van der Waals surface area contributed by atoms with Gasteiger partial charge in [-0.2, -0.15) is 0 Å². The molecule has 1 aliphatic heterocycles. The number of thiophene rings is 1. The molecule has 5 heteroatoms. The van der Waals surface area contributed by atoms with E-state index in [0.717, 1.165) is 27.5 Å². The summed E-state index contributed by atoms with van der Waals surface area (Å²) < 4.78 is 1.80. The molecule has 0 radical (unpaired) electrons. The van der Waals surface area contributed by atoms with Gasteiger partial charge in [0.2, 0.25) is 0 Å². The van der Waals surface area contributed by atoms with Crippen LogP contribution in [0.4, 0.5) is 0 Å². The van der Waals surface area contributed by atoms with Crippen LogP contribution in [0.1, 0.15) is 12.5 Å². The zero-order valence-corrected chi connectivity index (χ0v) is 10.1. The van der Waals surface area contributed by atoms with E-state index < -0.39 is 0 Å². The van der Waals surface area contributed by atoms with Gasteiger partial charge in [-0.3, -0.25) is 9.36 Å². The van der Waals surface area contributed by atoms with Crippen LogP contribution in [-0.4, -0.2) is 14.8 Å². The molecule has 0 bridgehead atoms. The van der Waals surface area contributed by atoms with Gasteiger partial charge < -0.3 is 0 Å². The van der Waals surface area contributed by atoms with Gasteiger partial charge in [0.05, 0.1) is 5.39 Å². The Balaban J connectivity index is 2.42. The van der Waals surface area contributed by atoms with Crippen molar-refractivity contribution < 1.29 is 0 Å². The van der Waals surface area contributed by atoms with Gasteiger partial charge in [0.1, 0.15) is 4.83 Å². The predicted octanol–water partition coefficient (Wildman–Crippen LogP) is 2.26. The van der Waals surface area contributed by atoms with Crippen LogP contribution < -0.4 is 5.56 Å². The van der Waals surface area contributed by atoms with Crippen molar-refractivity contribution in [3.05, 3.63) is 21.3 Å². The fraction of sp³-hybridized carbons (Fsp3) is 0.400. The number of fused-ring (bicyclic) bond motifs is 2. The van der Waals surface area contributed by atoms with Gasteiger partial charge in [0, 0.05) is 11.8 Å². The van der Waals surface area contributed by atoms with Gasteiger partial charge in [0.15, 0.2) is 5.16 Å². The molecule has 3 heterocycles. The van der Waals surface area contributed by atoms with E-state index in [2.05, 4.69) is 11.9 Å². The highest BCUT2D eigenvalue weighted by Crippen LogP contribution is 2.31. The Morgan fingerprint density at radius 1 is 1.60 bits per heavy atom. The van der Waals surface area contributed by atoms with Crippen LogP contribution in [0.15, 0.2) is 15.3 Å². The zero-order valence-electron chi connectivity index (χ0n) is 8.48. The van der Waals surface area contributed by atoms with Gasteiger partial charge in [-0.25, -0.2) is 4.98 Å². The van der Waals surface area contributed by atoms with Crippen LogP contribution in [0.5, 0.6) is 0 Å². The lowest BCUT2D eigenvalue weighted by Gasteiger charge is -2.00. The van der Waals surface area contributed by atoms with Crippen molar-refractivity contribution in [2.75, 3.05) is 0 Å². The molecule has 1 atom stereocenters. The molecule has 2 aromatic heterocycles. The van der Waals surface area contributed by atoms with Gasteiger partial charge in [-0.05, 0) is 17.9 Å². The van der Waals surface area contributed by atoms with E-state index in [-0.39, 0.29) is 5.56 Å². The number of hydrogen-bond acceptors (Lipinski definition) is 4. The van der Waals surface area contributed by atoms with Crippen LogP contribution in [0.2, 0.25) is 0 Å². The molecule has 15 heavy (non-hydrogen) atoms. The van der Waals surface area contributed by atoms with Crippen molar-refractivity contribution >= 4 is 33.3 Å². The fourth-order valence-corrected chi connectivity index (χ4v) is 3.85. The smallest absolute Gasteiger partial charge is 0.263 e. The van der Waals surface area contributed by atoms with Crippen molar-refractivity contribution in [3.63, 3.8) is 0 Å². The van der Waals surface area contributed by atoms with Crippen LogP contribution in [0.25, 0.3) is 10.2 Å². The maximum absolute atomic E-state index is 12.2. The molecule has 0 aliphatic carbocycles. The second-order valence-electron chi connectivity index (χ2n) is 3.84. The SMILES string of the molecule is Cc1csc2nc3n(c(=O)c12)CC(C)S3. The molecule has 0 aromatic carbocycles. The Kier molecular flexibility index (Phi) is 1.94. The summed E-state index contributed by atoms with van der Waals surface area (Å²) in [5.74, 6) is 0. The van der Waals surface area contributed by atoms with Crippen LogP contribution in [0.3, 0.4) is 0 Å². The minimum atomic E-state index is 0.130. The maximum atomic E-state index is 12.2. The Labute approximate surface area is 95.1 Å². The highest BCUT2D eigenvalue weighted by atomic mass is 32.2. The summed E-state index contributed by atoms with van der Waals surface area (Å²) in [4.78, 5) is 17.6. The van der Waals surface area contributed by atoms with Gasteiger partial charge in [-0.15, -0.1) is 11.3 Å². The molecule has 0 N–H and O–H groups in total. The molecular weight excluding hydrogens is 228 g/mol. The third-order valence-corrected chi connectivity index (χ3v) is 4.65. The first-order valence-corrected chi connectivity index (χ1v) is 6.58. The van der Waals surface area contributed by atoms with Crippen molar-refractivity contribution in [1.82, 2.24) is 9.55 Å². The average molecular weight is 238 g/mol. The Bertz CT molecular complexity index is 599. The second-order valence-corrected chi connectivity index (χ2v) is 6.10. The Morgan fingerprint density at radius 2 is 2.40 bits per heavy atom. The minimum absolute atomic E-state index is 0.130. The highest BCUT2D eigenvalue weighted by Gasteiger charge is 2.23. The molecule has 2 aromatic rings. The summed E-state index contributed by atoms with van der Waals surface area (Å²) >= 11 is 3.25. The van der Waals surface area contributed by atoms with Crippen molar-refractivity contribution in [2.45, 2.75) is 30.8 Å². The van der Waals surface area contributed by atoms with E-state index in [1.165, 1.54) is 0 Å². The standard InChI is InChI=1S/C10H10N2OS2/c1-5-4-14-8-7(5)9(13)12-3-6(2)15-10(12)11-8/h4,6H,3H2,1-2H3. The Hall–Kier alpha value is -0.810. The lowest BCUT2D eigenvalue weighted by atomic mass is 10.3. The van der Waals surface area contributed by atoms with Crippen molar-refractivity contribution in [2.24, 2.45) is 0 Å². The lowest BCUT2D eigenvalue weighted by Crippen LogP contribution is -2.21. The minimum Gasteiger partial charge on any atom is -0.286 e. The van der Waals surface area contributed by atoms with Crippen LogP contribution in [-0.2, 0) is 6.54 Å². The van der Waals surface area contributed by atoms with Crippen LogP contribution in [0, 0.1) is 6.92 Å². The molecule has 0 amide bonds. The third kappa shape index (κ3) is 1.26. The average Bonchev–Trinajstić information content (AvgIpc) is 2.71. The largest absolute Gasteiger partial charge is 0.286 e. The number of thioether (sulfide) groups is 1. The van der Waals surface area contributed by atoms with Gasteiger partial charge in [-0.1, -0.05) is 18.7 Å². The summed E-state index contributed by atoms with van der Waals surface area (Å²) in [7, 11) is 0. The normalized spacial score (nSPS) is 19.7. The molecule has 0 saturated carbocycles. The van der Waals surface area contributed by atoms with Crippen LogP contribution >= 0.6 is 23.1 Å². The molecule has 0 saturated heterocycles. The highest BCUT2D eigenvalue weighted by molar-refractivity contribution is 7.99. The first kappa shape index (κ1) is 9.42. The number of hydrogen-bond donors (Lipinski definition) is 0. The topological polar surface area (TPSA) is 34.9 Å². The monoisotopic (exact) mass is 238 g/mol. The molecule has 0 spiro atoms. The molecule has 78 valence electrons. The van der Waals surface area contributed by atoms with Gasteiger partial charge in [0.25, 0.3) is 5.56 Å². The van der Waals surface area contributed by atoms with E-state index >= 15 is 0 Å². The summed E-state index contributed by atoms with van der Waals surface area (Å²) in [5, 5.41) is 4.14. The third-order valence-electron chi connectivity index (χ3n) is 2.59. The Morgan fingerprint density at radius 3 is 3.20 bits per heavy atom. The first-order valence-electron chi connectivity index (χ1n) is 4.82. The first-order chi connectivity index (χ1) is 7.16. The maximum Gasteiger partial charge on any atom is 0.263 e. The number of aromatic nitrogens is 2. The molecule has 0 fully saturated rings. The molecule has 3 nitrogen and oxygen atoms in total. The van der Waals surface area contributed by atoms with Crippen molar-refractivity contribution in [1.29, 1.82) is 0 Å². The number of rotatable bonds is 0. The summed E-state index contributed by atoms with van der Waals surface area (Å²) in [6.45, 7) is 4.89. The van der Waals surface area contributed by atoms with E-state index in [4.69, 9.17) is 0 Å². The summed E-state index contributed by atoms with van der Waals surface area (Å²) in [6, 6.07) is 0. The molecular formula is C10H10N2OS2. The summed E-state index contributed by atoms with van der Waals surface area (Å²) in [6.07, 6.45) is 0. The summed E-state index contributed by atoms with van der Waals surface area (Å²) in [5.41, 5.74) is 1.18. The molecule has 1 aliphatic rings. The van der Waals surface area contributed by atoms with E-state index in [0.29, 0.717) is 5.25 Å². The zero-order chi connectivity index (χ0) is 10.6. The molecule has 1 unspecified atom stereocenters. The fourth-order valence-electron chi connectivity index (χ4n) is 1.87. The van der Waals surface area contributed by atoms with E-state index in [9.17, 15) is 4.79 Å². The van der Waals surface area contributed by atoms with E-state index in [1.54, 1.807) is 27.7 Å². The second kappa shape index (κ2) is 3.09. The quantitative estimate of drug-likeness (QED) is 0.660. The van der Waals surface area contributed by atoms with E-state index in [1.807, 2.05) is 12.3 Å². The van der Waals surface area contributed by atoms with Crippen molar-refractivity contribution in [3.8, 4) is 0 Å². The number of aryl methyl sites for hydroxylation is 1.